The molecule has 0 unspecified atom stereocenters. The first-order valence-electron chi connectivity index (χ1n) is 9.76. The van der Waals surface area contributed by atoms with Crippen molar-refractivity contribution in [1.82, 2.24) is 14.9 Å². The number of nitrogens with zero attached hydrogens (tertiary/aromatic N) is 4. The summed E-state index contributed by atoms with van der Waals surface area (Å²) in [6, 6.07) is 13.3. The third-order valence-corrected chi connectivity index (χ3v) is 6.25. The van der Waals surface area contributed by atoms with Crippen LogP contribution in [-0.2, 0) is 4.79 Å². The van der Waals surface area contributed by atoms with Gasteiger partial charge in [-0.2, -0.15) is 0 Å². The Bertz CT molecular complexity index is 1050. The van der Waals surface area contributed by atoms with Crippen LogP contribution < -0.4 is 16.1 Å². The molecule has 7 nitrogen and oxygen atoms in total. The summed E-state index contributed by atoms with van der Waals surface area (Å²) in [6.45, 7) is 4.20. The van der Waals surface area contributed by atoms with Gasteiger partial charge in [-0.1, -0.05) is 23.4 Å². The summed E-state index contributed by atoms with van der Waals surface area (Å²) in [4.78, 5) is 14.8. The first-order valence-corrected chi connectivity index (χ1v) is 11.1. The number of amides is 1. The van der Waals surface area contributed by atoms with E-state index in [4.69, 9.17) is 17.4 Å². The average molecular weight is 443 g/mol. The first kappa shape index (κ1) is 20.6. The molecular formula is C21H23ClN6OS. The number of hydrogen-bond donors (Lipinski definition) is 2. The number of nitrogens with two attached hydrogens (primary N) is 1. The summed E-state index contributed by atoms with van der Waals surface area (Å²) in [5, 5.41) is 12.3. The van der Waals surface area contributed by atoms with Gasteiger partial charge in [0.1, 0.15) is 0 Å². The zero-order chi connectivity index (χ0) is 21.1. The zero-order valence-electron chi connectivity index (χ0n) is 16.6. The summed E-state index contributed by atoms with van der Waals surface area (Å²) < 4.78 is 1.39. The Labute approximate surface area is 184 Å². The molecule has 3 aromatic rings. The summed E-state index contributed by atoms with van der Waals surface area (Å²) >= 11 is 7.16. The molecule has 1 amide bonds. The van der Waals surface area contributed by atoms with Gasteiger partial charge in [0.05, 0.1) is 5.75 Å². The molecular weight excluding hydrogens is 420 g/mol. The van der Waals surface area contributed by atoms with Crippen LogP contribution in [0.5, 0.6) is 0 Å². The molecule has 30 heavy (non-hydrogen) atoms. The molecule has 1 aliphatic rings. The van der Waals surface area contributed by atoms with E-state index in [-0.39, 0.29) is 11.7 Å². The van der Waals surface area contributed by atoms with Crippen molar-refractivity contribution in [1.29, 1.82) is 0 Å². The monoisotopic (exact) mass is 442 g/mol. The van der Waals surface area contributed by atoms with Crippen molar-refractivity contribution in [2.45, 2.75) is 24.9 Å². The molecule has 2 heterocycles. The number of anilines is 2. The number of nitrogen functional groups attached to an aromatic ring is 1. The second-order valence-electron chi connectivity index (χ2n) is 7.21. The third-order valence-electron chi connectivity index (χ3n) is 5.05. The topological polar surface area (TPSA) is 89.1 Å². The number of benzene rings is 2. The minimum atomic E-state index is -0.118. The van der Waals surface area contributed by atoms with Gasteiger partial charge >= 0.3 is 0 Å². The number of thioether (sulfide) groups is 1. The van der Waals surface area contributed by atoms with Crippen LogP contribution in [0.4, 0.5) is 11.4 Å². The highest BCUT2D eigenvalue weighted by Crippen LogP contribution is 2.26. The smallest absolute Gasteiger partial charge is 0.234 e. The fourth-order valence-corrected chi connectivity index (χ4v) is 4.23. The lowest BCUT2D eigenvalue weighted by molar-refractivity contribution is -0.113. The maximum absolute atomic E-state index is 12.4. The molecule has 0 aliphatic carbocycles. The van der Waals surface area contributed by atoms with Crippen molar-refractivity contribution in [2.75, 3.05) is 34.9 Å². The van der Waals surface area contributed by atoms with Crippen LogP contribution in [0, 0.1) is 6.92 Å². The van der Waals surface area contributed by atoms with Crippen molar-refractivity contribution in [3.63, 3.8) is 0 Å². The highest BCUT2D eigenvalue weighted by molar-refractivity contribution is 7.99. The Hall–Kier alpha value is -2.71. The molecule has 1 aromatic heterocycles. The van der Waals surface area contributed by atoms with Crippen molar-refractivity contribution >= 4 is 40.6 Å². The largest absolute Gasteiger partial charge is 0.372 e. The van der Waals surface area contributed by atoms with E-state index in [9.17, 15) is 4.79 Å². The van der Waals surface area contributed by atoms with E-state index in [1.807, 2.05) is 25.1 Å². The van der Waals surface area contributed by atoms with E-state index in [1.54, 1.807) is 12.1 Å². The lowest BCUT2D eigenvalue weighted by atomic mass is 10.1. The standard InChI is InChI=1S/C21H23ClN6OS/c1-14-12-17(27-10-2-3-11-27)8-9-18(14)24-19(29)13-30-21-26-25-20(28(21)23)15-4-6-16(22)7-5-15/h4-9,12H,2-3,10-11,13,23H2,1H3,(H,24,29). The number of rotatable bonds is 6. The molecule has 0 bridgehead atoms. The fourth-order valence-electron chi connectivity index (χ4n) is 3.45. The minimum absolute atomic E-state index is 0.118. The van der Waals surface area contributed by atoms with Crippen LogP contribution in [-0.4, -0.2) is 39.6 Å². The minimum Gasteiger partial charge on any atom is -0.372 e. The maximum Gasteiger partial charge on any atom is 0.234 e. The highest BCUT2D eigenvalue weighted by atomic mass is 35.5. The van der Waals surface area contributed by atoms with E-state index in [0.29, 0.717) is 16.0 Å². The number of aromatic nitrogens is 3. The zero-order valence-corrected chi connectivity index (χ0v) is 18.2. The van der Waals surface area contributed by atoms with Gasteiger partial charge in [-0.05, 0) is 67.8 Å². The van der Waals surface area contributed by atoms with Gasteiger partial charge in [-0.15, -0.1) is 10.2 Å². The summed E-state index contributed by atoms with van der Waals surface area (Å²) in [5.74, 6) is 6.70. The van der Waals surface area contributed by atoms with E-state index in [1.165, 1.54) is 35.0 Å². The molecule has 0 saturated carbocycles. The molecule has 156 valence electrons. The molecule has 0 atom stereocenters. The van der Waals surface area contributed by atoms with E-state index >= 15 is 0 Å². The van der Waals surface area contributed by atoms with Crippen LogP contribution >= 0.6 is 23.4 Å². The lowest BCUT2D eigenvalue weighted by Gasteiger charge is -2.19. The Balaban J connectivity index is 1.36. The van der Waals surface area contributed by atoms with Crippen LogP contribution in [0.1, 0.15) is 18.4 Å². The van der Waals surface area contributed by atoms with Crippen LogP contribution in [0.2, 0.25) is 5.02 Å². The van der Waals surface area contributed by atoms with Crippen molar-refractivity contribution in [2.24, 2.45) is 0 Å². The Kier molecular flexibility index (Phi) is 6.15. The van der Waals surface area contributed by atoms with Crippen molar-refractivity contribution < 1.29 is 4.79 Å². The summed E-state index contributed by atoms with van der Waals surface area (Å²) in [7, 11) is 0. The van der Waals surface area contributed by atoms with Gasteiger partial charge in [0, 0.05) is 35.1 Å². The van der Waals surface area contributed by atoms with Gasteiger partial charge in [0.15, 0.2) is 5.82 Å². The second-order valence-corrected chi connectivity index (χ2v) is 8.59. The molecule has 1 saturated heterocycles. The Morgan fingerprint density at radius 2 is 1.90 bits per heavy atom. The number of nitrogens with one attached hydrogen (secondary N) is 1. The lowest BCUT2D eigenvalue weighted by Crippen LogP contribution is -2.19. The molecule has 4 rings (SSSR count). The molecule has 1 fully saturated rings. The van der Waals surface area contributed by atoms with E-state index < -0.39 is 0 Å². The molecule has 9 heteroatoms. The van der Waals surface area contributed by atoms with Crippen LogP contribution in [0.3, 0.4) is 0 Å². The van der Waals surface area contributed by atoms with Gasteiger partial charge in [0.25, 0.3) is 0 Å². The number of carbonyl (C=O) groups is 1. The fraction of sp³-hybridized carbons (Fsp3) is 0.286. The highest BCUT2D eigenvalue weighted by Gasteiger charge is 2.16. The third kappa shape index (κ3) is 4.55. The van der Waals surface area contributed by atoms with Gasteiger partial charge < -0.3 is 16.1 Å². The van der Waals surface area contributed by atoms with Gasteiger partial charge in [0.2, 0.25) is 11.1 Å². The van der Waals surface area contributed by atoms with Crippen LogP contribution in [0.25, 0.3) is 11.4 Å². The SMILES string of the molecule is Cc1cc(N2CCCC2)ccc1NC(=O)CSc1nnc(-c2ccc(Cl)cc2)n1N. The predicted octanol–water partition coefficient (Wildman–Crippen LogP) is 3.95. The summed E-state index contributed by atoms with van der Waals surface area (Å²) in [5.41, 5.74) is 3.88. The number of carbonyl (C=O) groups excluding carboxylic acids is 1. The van der Waals surface area contributed by atoms with E-state index in [2.05, 4.69) is 32.5 Å². The quantitative estimate of drug-likeness (QED) is 0.443. The maximum atomic E-state index is 12.4. The second kappa shape index (κ2) is 8.97. The molecule has 3 N–H and O–H groups in total. The predicted molar refractivity (Wildman–Crippen MR) is 123 cm³/mol. The number of aryl methyl sites for hydroxylation is 1. The Morgan fingerprint density at radius 1 is 1.17 bits per heavy atom. The number of hydrogen-bond acceptors (Lipinski definition) is 6. The first-order chi connectivity index (χ1) is 14.5. The van der Waals surface area contributed by atoms with Gasteiger partial charge in [-0.25, -0.2) is 4.68 Å². The Morgan fingerprint density at radius 3 is 2.60 bits per heavy atom. The van der Waals surface area contributed by atoms with Crippen molar-refractivity contribution in [3.05, 3.63) is 53.1 Å². The molecule has 1 aliphatic heterocycles. The van der Waals surface area contributed by atoms with Gasteiger partial charge in [-0.3, -0.25) is 4.79 Å². The van der Waals surface area contributed by atoms with E-state index in [0.717, 1.165) is 29.9 Å². The normalized spacial score (nSPS) is 13.6. The van der Waals surface area contributed by atoms with Crippen molar-refractivity contribution in [3.8, 4) is 11.4 Å². The average Bonchev–Trinajstić information content (AvgIpc) is 3.39. The molecule has 0 spiro atoms. The molecule has 0 radical (unpaired) electrons. The molecule has 2 aromatic carbocycles. The number of halogens is 1. The van der Waals surface area contributed by atoms with Crippen LogP contribution in [0.15, 0.2) is 47.6 Å². The summed E-state index contributed by atoms with van der Waals surface area (Å²) in [6.07, 6.45) is 2.47.